The van der Waals surface area contributed by atoms with Crippen molar-refractivity contribution in [1.82, 2.24) is 9.88 Å². The lowest BCUT2D eigenvalue weighted by molar-refractivity contribution is 0.0983. The molecule has 3 rings (SSSR count). The molecule has 1 amide bonds. The number of nitrogens with zero attached hydrogens (tertiary/aromatic N) is 3. The largest absolute Gasteiger partial charge is 0.302 e. The number of hydrogen-bond donors (Lipinski definition) is 0. The summed E-state index contributed by atoms with van der Waals surface area (Å²) in [7, 11) is 0. The second-order valence-electron chi connectivity index (χ2n) is 6.32. The van der Waals surface area contributed by atoms with Crippen LogP contribution in [0.3, 0.4) is 0 Å². The topological polar surface area (TPSA) is 36.4 Å². The first-order valence-corrected chi connectivity index (χ1v) is 11.7. The molecule has 0 aliphatic rings. The predicted molar refractivity (Wildman–Crippen MR) is 130 cm³/mol. The van der Waals surface area contributed by atoms with Gasteiger partial charge in [-0.15, -0.1) is 24.2 Å². The van der Waals surface area contributed by atoms with Crippen molar-refractivity contribution in [2.75, 3.05) is 37.3 Å². The number of carbonyl (C=O) groups is 1. The Labute approximate surface area is 191 Å². The van der Waals surface area contributed by atoms with Crippen molar-refractivity contribution >= 4 is 68.4 Å². The van der Waals surface area contributed by atoms with E-state index in [1.165, 1.54) is 11.3 Å². The van der Waals surface area contributed by atoms with Crippen LogP contribution in [0.1, 0.15) is 24.2 Å². The number of fused-ring (bicyclic) bond motifs is 1. The summed E-state index contributed by atoms with van der Waals surface area (Å²) in [6.07, 6.45) is 2.03. The highest BCUT2D eigenvalue weighted by Gasteiger charge is 2.22. The van der Waals surface area contributed by atoms with Gasteiger partial charge in [-0.2, -0.15) is 0 Å². The number of anilines is 1. The predicted octanol–water partition coefficient (Wildman–Crippen LogP) is 6.08. The monoisotopic (exact) mass is 469 g/mol. The number of benzene rings is 2. The fourth-order valence-corrected chi connectivity index (χ4v) is 4.63. The second kappa shape index (κ2) is 11.2. The molecular weight excluding hydrogens is 445 g/mol. The zero-order valence-corrected chi connectivity index (χ0v) is 19.9. The van der Waals surface area contributed by atoms with Crippen molar-refractivity contribution in [3.8, 4) is 0 Å². The minimum Gasteiger partial charge on any atom is -0.302 e. The molecule has 0 aliphatic heterocycles. The van der Waals surface area contributed by atoms with Crippen LogP contribution in [0.25, 0.3) is 10.2 Å². The number of aromatic nitrogens is 1. The van der Waals surface area contributed by atoms with Gasteiger partial charge in [-0.1, -0.05) is 36.8 Å². The number of carbonyl (C=O) groups excluding carboxylic acids is 1. The van der Waals surface area contributed by atoms with E-state index in [0.717, 1.165) is 34.7 Å². The average Bonchev–Trinajstić information content (AvgIpc) is 3.13. The van der Waals surface area contributed by atoms with Crippen LogP contribution in [0.5, 0.6) is 0 Å². The number of rotatable bonds is 8. The minimum atomic E-state index is -0.0232. The molecule has 0 fully saturated rings. The third kappa shape index (κ3) is 5.86. The third-order valence-corrected chi connectivity index (χ3v) is 6.71. The first kappa shape index (κ1) is 24.0. The van der Waals surface area contributed by atoms with E-state index in [0.29, 0.717) is 22.3 Å². The zero-order valence-electron chi connectivity index (χ0n) is 16.7. The number of thiazole rings is 1. The molecule has 0 atom stereocenters. The highest BCUT2D eigenvalue weighted by atomic mass is 35.5. The fraction of sp³-hybridized carbons (Fsp3) is 0.333. The molecule has 0 bridgehead atoms. The maximum atomic E-state index is 13.3. The second-order valence-corrected chi connectivity index (χ2v) is 8.65. The van der Waals surface area contributed by atoms with E-state index in [9.17, 15) is 4.79 Å². The maximum Gasteiger partial charge on any atom is 0.260 e. The lowest BCUT2D eigenvalue weighted by Crippen LogP contribution is -2.38. The van der Waals surface area contributed by atoms with Crippen molar-refractivity contribution in [2.45, 2.75) is 18.7 Å². The van der Waals surface area contributed by atoms with Crippen molar-refractivity contribution < 1.29 is 4.79 Å². The molecule has 156 valence electrons. The summed E-state index contributed by atoms with van der Waals surface area (Å²) < 4.78 is 0.987. The summed E-state index contributed by atoms with van der Waals surface area (Å²) in [5, 5.41) is 1.39. The van der Waals surface area contributed by atoms with E-state index in [1.807, 2.05) is 48.7 Å². The summed E-state index contributed by atoms with van der Waals surface area (Å²) in [5.74, 6) is -0.0232. The van der Waals surface area contributed by atoms with Gasteiger partial charge < -0.3 is 4.90 Å². The molecule has 2 aromatic carbocycles. The molecule has 0 saturated heterocycles. The Morgan fingerprint density at radius 3 is 2.41 bits per heavy atom. The number of amides is 1. The molecule has 1 heterocycles. The molecule has 4 nitrogen and oxygen atoms in total. The molecular formula is C21H25Cl2N3OS2. The standard InChI is InChI=1S/C21H24ClN3OS2.ClH/c1-4-24(5-2)12-13-25(20(26)15-6-9-17(27-3)10-7-15)21-23-18-11-8-16(22)14-19(18)28-21;/h6-11,14H,4-5,12-13H2,1-3H3;1H. The molecule has 0 N–H and O–H groups in total. The molecule has 3 aromatic rings. The zero-order chi connectivity index (χ0) is 20.1. The summed E-state index contributed by atoms with van der Waals surface area (Å²) in [5.41, 5.74) is 1.54. The number of halogens is 2. The average molecular weight is 470 g/mol. The molecule has 0 spiro atoms. The van der Waals surface area contributed by atoms with Crippen molar-refractivity contribution in [3.05, 3.63) is 53.1 Å². The van der Waals surface area contributed by atoms with Crippen LogP contribution in [-0.2, 0) is 0 Å². The van der Waals surface area contributed by atoms with Crippen LogP contribution < -0.4 is 4.90 Å². The minimum absolute atomic E-state index is 0. The van der Waals surface area contributed by atoms with Gasteiger partial charge in [-0.05, 0) is 61.8 Å². The van der Waals surface area contributed by atoms with Gasteiger partial charge in [0.05, 0.1) is 10.2 Å². The van der Waals surface area contributed by atoms with Gasteiger partial charge in [-0.25, -0.2) is 4.98 Å². The van der Waals surface area contributed by atoms with Crippen LogP contribution in [0, 0.1) is 0 Å². The fourth-order valence-electron chi connectivity index (χ4n) is 2.96. The van der Waals surface area contributed by atoms with Crippen LogP contribution in [0.2, 0.25) is 5.02 Å². The molecule has 1 aromatic heterocycles. The number of thioether (sulfide) groups is 1. The number of hydrogen-bond acceptors (Lipinski definition) is 5. The molecule has 0 aliphatic carbocycles. The summed E-state index contributed by atoms with van der Waals surface area (Å²) >= 11 is 9.29. The Bertz CT molecular complexity index is 943. The van der Waals surface area contributed by atoms with Gasteiger partial charge in [0, 0.05) is 28.6 Å². The van der Waals surface area contributed by atoms with Gasteiger partial charge in [0.2, 0.25) is 0 Å². The smallest absolute Gasteiger partial charge is 0.260 e. The Hall–Kier alpha value is -1.31. The molecule has 8 heteroatoms. The molecule has 29 heavy (non-hydrogen) atoms. The van der Waals surface area contributed by atoms with Gasteiger partial charge in [0.25, 0.3) is 5.91 Å². The normalized spacial score (nSPS) is 10.9. The van der Waals surface area contributed by atoms with Crippen LogP contribution in [-0.4, -0.2) is 48.2 Å². The SMILES string of the molecule is CCN(CC)CCN(C(=O)c1ccc(SC)cc1)c1nc2ccc(Cl)cc2s1.Cl. The molecule has 0 saturated carbocycles. The lowest BCUT2D eigenvalue weighted by atomic mass is 10.2. The van der Waals surface area contributed by atoms with Crippen molar-refractivity contribution in [1.29, 1.82) is 0 Å². The third-order valence-electron chi connectivity index (χ3n) is 4.69. The first-order chi connectivity index (χ1) is 13.5. The Morgan fingerprint density at radius 1 is 1.10 bits per heavy atom. The van der Waals surface area contributed by atoms with E-state index in [2.05, 4.69) is 18.7 Å². The van der Waals surface area contributed by atoms with E-state index < -0.39 is 0 Å². The summed E-state index contributed by atoms with van der Waals surface area (Å²) in [6, 6.07) is 13.4. The van der Waals surface area contributed by atoms with Gasteiger partial charge >= 0.3 is 0 Å². The van der Waals surface area contributed by atoms with E-state index in [1.54, 1.807) is 16.7 Å². The Balaban J connectivity index is 0.00000300. The van der Waals surface area contributed by atoms with Crippen LogP contribution in [0.4, 0.5) is 5.13 Å². The van der Waals surface area contributed by atoms with Gasteiger partial charge in [-0.3, -0.25) is 9.69 Å². The van der Waals surface area contributed by atoms with Crippen molar-refractivity contribution in [3.63, 3.8) is 0 Å². The van der Waals surface area contributed by atoms with E-state index in [-0.39, 0.29) is 18.3 Å². The van der Waals surface area contributed by atoms with E-state index in [4.69, 9.17) is 16.6 Å². The number of likely N-dealkylation sites (N-methyl/N-ethyl adjacent to an activating group) is 1. The van der Waals surface area contributed by atoms with Crippen molar-refractivity contribution in [2.24, 2.45) is 0 Å². The highest BCUT2D eigenvalue weighted by molar-refractivity contribution is 7.98. The molecule has 0 unspecified atom stereocenters. The first-order valence-electron chi connectivity index (χ1n) is 9.30. The maximum absolute atomic E-state index is 13.3. The van der Waals surface area contributed by atoms with Crippen LogP contribution >= 0.6 is 47.1 Å². The van der Waals surface area contributed by atoms with E-state index >= 15 is 0 Å². The Morgan fingerprint density at radius 2 is 1.79 bits per heavy atom. The Kier molecular flexibility index (Phi) is 9.24. The summed E-state index contributed by atoms with van der Waals surface area (Å²) in [4.78, 5) is 23.3. The lowest BCUT2D eigenvalue weighted by Gasteiger charge is -2.24. The highest BCUT2D eigenvalue weighted by Crippen LogP contribution is 2.31. The van der Waals surface area contributed by atoms with Crippen LogP contribution in [0.15, 0.2) is 47.4 Å². The quantitative estimate of drug-likeness (QED) is 0.374. The van der Waals surface area contributed by atoms with Gasteiger partial charge in [0.1, 0.15) is 0 Å². The van der Waals surface area contributed by atoms with Gasteiger partial charge in [0.15, 0.2) is 5.13 Å². The summed E-state index contributed by atoms with van der Waals surface area (Å²) in [6.45, 7) is 7.58. The molecule has 0 radical (unpaired) electrons.